The third-order valence-electron chi connectivity index (χ3n) is 4.95. The second-order valence-corrected chi connectivity index (χ2v) is 10.1. The first-order valence-electron chi connectivity index (χ1n) is 11.9. The summed E-state index contributed by atoms with van der Waals surface area (Å²) in [6, 6.07) is 4.57. The molecule has 8 nitrogen and oxygen atoms in total. The minimum Gasteiger partial charge on any atom is -0.508 e. The van der Waals surface area contributed by atoms with Crippen molar-refractivity contribution in [1.82, 2.24) is 15.5 Å². The predicted molar refractivity (Wildman–Crippen MR) is 137 cm³/mol. The molecule has 0 aliphatic rings. The number of benzene rings is 1. The van der Waals surface area contributed by atoms with Crippen LogP contribution in [0, 0.1) is 0 Å². The Hall–Kier alpha value is -2.42. The molecule has 192 valence electrons. The molecule has 2 atom stereocenters. The average molecular weight is 496 g/mol. The lowest BCUT2D eigenvalue weighted by Gasteiger charge is -2.34. The van der Waals surface area contributed by atoms with Crippen molar-refractivity contribution in [3.8, 4) is 5.75 Å². The molecular weight excluding hydrogens is 454 g/mol. The highest BCUT2D eigenvalue weighted by molar-refractivity contribution is 7.98. The lowest BCUT2D eigenvalue weighted by Crippen LogP contribution is -2.53. The minimum atomic E-state index is -0.887. The summed E-state index contributed by atoms with van der Waals surface area (Å²) in [4.78, 5) is 41.1. The largest absolute Gasteiger partial charge is 0.508 e. The number of nitrogens with one attached hydrogen (secondary N) is 2. The molecule has 1 aromatic rings. The number of thioether (sulfide) groups is 1. The number of carbonyl (C=O) groups excluding carboxylic acids is 3. The summed E-state index contributed by atoms with van der Waals surface area (Å²) in [6.07, 6.45) is 4.05. The standard InChI is InChI=1S/C25H41N3O5S/c1-7-9-15-26-22(30)21(18-10-12-19(29)13-11-18)28(16-8-2)23(31)20(14-17-34-6)27-24(32)33-25(3,4)5/h10-13,20-21,29H,7-9,14-17H2,1-6H3,(H,26,30)(H,27,32). The van der Waals surface area contributed by atoms with Crippen LogP contribution in [0.1, 0.15) is 71.9 Å². The number of aromatic hydroxyl groups is 1. The van der Waals surface area contributed by atoms with E-state index in [9.17, 15) is 19.5 Å². The van der Waals surface area contributed by atoms with Crippen molar-refractivity contribution in [1.29, 1.82) is 0 Å². The Morgan fingerprint density at radius 1 is 1.12 bits per heavy atom. The zero-order valence-electron chi connectivity index (χ0n) is 21.3. The second kappa shape index (κ2) is 14.8. The van der Waals surface area contributed by atoms with E-state index < -0.39 is 23.8 Å². The fourth-order valence-corrected chi connectivity index (χ4v) is 3.84. The summed E-state index contributed by atoms with van der Waals surface area (Å²) in [6.45, 7) is 10.1. The lowest BCUT2D eigenvalue weighted by atomic mass is 10.0. The zero-order chi connectivity index (χ0) is 25.7. The molecular formula is C25H41N3O5S. The Kier molecular flexibility index (Phi) is 12.9. The van der Waals surface area contributed by atoms with Gasteiger partial charge in [-0.05, 0) is 69.7 Å². The van der Waals surface area contributed by atoms with Crippen molar-refractivity contribution in [3.63, 3.8) is 0 Å². The third kappa shape index (κ3) is 10.2. The van der Waals surface area contributed by atoms with Crippen LogP contribution in [0.25, 0.3) is 0 Å². The molecule has 0 radical (unpaired) electrons. The van der Waals surface area contributed by atoms with Crippen LogP contribution in [-0.4, -0.2) is 64.7 Å². The van der Waals surface area contributed by atoms with Crippen LogP contribution < -0.4 is 10.6 Å². The Morgan fingerprint density at radius 2 is 1.76 bits per heavy atom. The van der Waals surface area contributed by atoms with Crippen molar-refractivity contribution in [2.45, 2.75) is 78.0 Å². The molecule has 0 aliphatic carbocycles. The number of alkyl carbamates (subject to hydrolysis) is 1. The maximum absolute atomic E-state index is 13.8. The number of phenolic OH excluding ortho intramolecular Hbond substituents is 1. The van der Waals surface area contributed by atoms with E-state index in [0.717, 1.165) is 12.8 Å². The quantitative estimate of drug-likeness (QED) is 0.353. The smallest absolute Gasteiger partial charge is 0.408 e. The van der Waals surface area contributed by atoms with Crippen LogP contribution in [-0.2, 0) is 14.3 Å². The Bertz CT molecular complexity index is 780. The van der Waals surface area contributed by atoms with Gasteiger partial charge in [-0.3, -0.25) is 9.59 Å². The summed E-state index contributed by atoms with van der Waals surface area (Å²) in [5.74, 6) is 0.0950. The van der Waals surface area contributed by atoms with E-state index in [2.05, 4.69) is 10.6 Å². The van der Waals surface area contributed by atoms with E-state index in [0.29, 0.717) is 37.2 Å². The molecule has 0 saturated heterocycles. The summed E-state index contributed by atoms with van der Waals surface area (Å²) in [5.41, 5.74) is -0.108. The Balaban J connectivity index is 3.31. The van der Waals surface area contributed by atoms with E-state index in [4.69, 9.17) is 4.74 Å². The fraction of sp³-hybridized carbons (Fsp3) is 0.640. The number of phenols is 1. The molecule has 1 aromatic carbocycles. The number of nitrogens with zero attached hydrogens (tertiary/aromatic N) is 1. The van der Waals surface area contributed by atoms with Gasteiger partial charge in [-0.1, -0.05) is 32.4 Å². The van der Waals surface area contributed by atoms with Gasteiger partial charge in [-0.15, -0.1) is 0 Å². The molecule has 3 amide bonds. The van der Waals surface area contributed by atoms with Crippen molar-refractivity contribution < 1.29 is 24.2 Å². The molecule has 0 aliphatic heterocycles. The van der Waals surface area contributed by atoms with Crippen LogP contribution in [0.3, 0.4) is 0 Å². The lowest BCUT2D eigenvalue weighted by molar-refractivity contribution is -0.142. The molecule has 0 fully saturated rings. The Labute approximate surface area is 208 Å². The maximum atomic E-state index is 13.8. The van der Waals surface area contributed by atoms with E-state index in [1.165, 1.54) is 17.0 Å². The molecule has 0 heterocycles. The minimum absolute atomic E-state index is 0.0756. The number of hydrogen-bond donors (Lipinski definition) is 3. The topological polar surface area (TPSA) is 108 Å². The number of amides is 3. The normalized spacial score (nSPS) is 13.0. The van der Waals surface area contributed by atoms with Gasteiger partial charge in [0.1, 0.15) is 23.4 Å². The van der Waals surface area contributed by atoms with Crippen LogP contribution >= 0.6 is 11.8 Å². The van der Waals surface area contributed by atoms with Crippen molar-refractivity contribution >= 4 is 29.7 Å². The summed E-state index contributed by atoms with van der Waals surface area (Å²) >= 11 is 1.57. The molecule has 34 heavy (non-hydrogen) atoms. The zero-order valence-corrected chi connectivity index (χ0v) is 22.2. The van der Waals surface area contributed by atoms with Gasteiger partial charge in [-0.2, -0.15) is 11.8 Å². The van der Waals surface area contributed by atoms with Gasteiger partial charge in [0.25, 0.3) is 0 Å². The van der Waals surface area contributed by atoms with Gasteiger partial charge in [-0.25, -0.2) is 4.79 Å². The number of hydrogen-bond acceptors (Lipinski definition) is 6. The molecule has 2 unspecified atom stereocenters. The highest BCUT2D eigenvalue weighted by Gasteiger charge is 2.35. The number of ether oxygens (including phenoxy) is 1. The molecule has 1 rings (SSSR count). The SMILES string of the molecule is CCCCNC(=O)C(c1ccc(O)cc1)N(CCC)C(=O)C(CCSC)NC(=O)OC(C)(C)C. The van der Waals surface area contributed by atoms with Crippen molar-refractivity contribution in [2.75, 3.05) is 25.1 Å². The highest BCUT2D eigenvalue weighted by Crippen LogP contribution is 2.25. The molecule has 0 aromatic heterocycles. The van der Waals surface area contributed by atoms with Crippen LogP contribution in [0.2, 0.25) is 0 Å². The van der Waals surface area contributed by atoms with Crippen LogP contribution in [0.15, 0.2) is 24.3 Å². The first-order valence-corrected chi connectivity index (χ1v) is 13.3. The first-order chi connectivity index (χ1) is 16.0. The van der Waals surface area contributed by atoms with Crippen LogP contribution in [0.4, 0.5) is 4.79 Å². The Morgan fingerprint density at radius 3 is 2.29 bits per heavy atom. The number of unbranched alkanes of at least 4 members (excludes halogenated alkanes) is 1. The van der Waals surface area contributed by atoms with Gasteiger partial charge in [0.2, 0.25) is 11.8 Å². The van der Waals surface area contributed by atoms with Gasteiger partial charge in [0.15, 0.2) is 0 Å². The van der Waals surface area contributed by atoms with E-state index >= 15 is 0 Å². The van der Waals surface area contributed by atoms with E-state index in [-0.39, 0.29) is 17.6 Å². The van der Waals surface area contributed by atoms with Crippen molar-refractivity contribution in [2.24, 2.45) is 0 Å². The molecule has 0 saturated carbocycles. The highest BCUT2D eigenvalue weighted by atomic mass is 32.2. The first kappa shape index (κ1) is 29.6. The monoisotopic (exact) mass is 495 g/mol. The molecule has 0 bridgehead atoms. The van der Waals surface area contributed by atoms with Gasteiger partial charge >= 0.3 is 6.09 Å². The average Bonchev–Trinajstić information content (AvgIpc) is 2.76. The maximum Gasteiger partial charge on any atom is 0.408 e. The summed E-state index contributed by atoms with van der Waals surface area (Å²) in [5, 5.41) is 15.4. The van der Waals surface area contributed by atoms with Crippen molar-refractivity contribution in [3.05, 3.63) is 29.8 Å². The van der Waals surface area contributed by atoms with Gasteiger partial charge in [0, 0.05) is 13.1 Å². The van der Waals surface area contributed by atoms with Gasteiger partial charge in [0.05, 0.1) is 0 Å². The summed E-state index contributed by atoms with van der Waals surface area (Å²) in [7, 11) is 0. The number of rotatable bonds is 13. The second-order valence-electron chi connectivity index (χ2n) is 9.15. The van der Waals surface area contributed by atoms with E-state index in [1.807, 2.05) is 20.1 Å². The summed E-state index contributed by atoms with van der Waals surface area (Å²) < 4.78 is 5.37. The number of carbonyl (C=O) groups is 3. The molecule has 9 heteroatoms. The van der Waals surface area contributed by atoms with Crippen LogP contribution in [0.5, 0.6) is 5.75 Å². The third-order valence-corrected chi connectivity index (χ3v) is 5.59. The van der Waals surface area contributed by atoms with Gasteiger partial charge < -0.3 is 25.4 Å². The van der Waals surface area contributed by atoms with E-state index in [1.54, 1.807) is 44.7 Å². The molecule has 0 spiro atoms. The fourth-order valence-electron chi connectivity index (χ4n) is 3.37. The molecule has 3 N–H and O–H groups in total. The predicted octanol–water partition coefficient (Wildman–Crippen LogP) is 4.23.